The van der Waals surface area contributed by atoms with E-state index < -0.39 is 15.8 Å². The molecular weight excluding hydrogens is 417 g/mol. The molecule has 3 aromatic rings. The molecule has 3 rings (SSSR count). The van der Waals surface area contributed by atoms with Gasteiger partial charge in [0.25, 0.3) is 15.9 Å². The van der Waals surface area contributed by atoms with Crippen molar-refractivity contribution in [1.82, 2.24) is 5.32 Å². The molecule has 0 aromatic heterocycles. The van der Waals surface area contributed by atoms with Gasteiger partial charge in [-0.05, 0) is 61.4 Å². The number of rotatable bonds is 9. The first-order chi connectivity index (χ1) is 14.8. The molecule has 0 heterocycles. The van der Waals surface area contributed by atoms with Gasteiger partial charge in [-0.25, -0.2) is 12.8 Å². The number of sulfonamides is 1. The minimum Gasteiger partial charge on any atom is -0.385 e. The third-order valence-corrected chi connectivity index (χ3v) is 5.95. The standard InChI is InChI=1S/C23H24FN3O3S/c1-17-11-12-21(16-22(17)24)31(29,30)27-20-10-5-7-18(15-20)23(28)26-14-6-13-25-19-8-3-2-4-9-19/h2-5,7-12,15-16,25,27H,6,13-14H2,1H3,(H,26,28). The summed E-state index contributed by atoms with van der Waals surface area (Å²) in [5, 5.41) is 6.08. The van der Waals surface area contributed by atoms with Crippen molar-refractivity contribution >= 4 is 27.3 Å². The zero-order valence-corrected chi connectivity index (χ0v) is 17.9. The van der Waals surface area contributed by atoms with E-state index in [2.05, 4.69) is 15.4 Å². The number of amides is 1. The molecule has 0 saturated carbocycles. The second-order valence-electron chi connectivity index (χ2n) is 7.00. The van der Waals surface area contributed by atoms with Crippen molar-refractivity contribution in [3.05, 3.63) is 89.7 Å². The molecule has 0 aliphatic carbocycles. The second kappa shape index (κ2) is 10.1. The number of carbonyl (C=O) groups excluding carboxylic acids is 1. The molecule has 0 aliphatic rings. The van der Waals surface area contributed by atoms with Crippen molar-refractivity contribution < 1.29 is 17.6 Å². The Bertz CT molecular complexity index is 1150. The molecule has 162 valence electrons. The molecule has 0 bridgehead atoms. The average molecular weight is 442 g/mol. The molecule has 31 heavy (non-hydrogen) atoms. The van der Waals surface area contributed by atoms with Gasteiger partial charge in [-0.1, -0.05) is 30.3 Å². The normalized spacial score (nSPS) is 11.0. The number of nitrogens with one attached hydrogen (secondary N) is 3. The molecule has 0 fully saturated rings. The highest BCUT2D eigenvalue weighted by Crippen LogP contribution is 2.19. The Morgan fingerprint density at radius 3 is 2.39 bits per heavy atom. The van der Waals surface area contributed by atoms with E-state index in [9.17, 15) is 17.6 Å². The minimum atomic E-state index is -3.98. The summed E-state index contributed by atoms with van der Waals surface area (Å²) in [7, 11) is -3.98. The van der Waals surface area contributed by atoms with Crippen LogP contribution in [-0.4, -0.2) is 27.4 Å². The van der Waals surface area contributed by atoms with Crippen LogP contribution in [0.1, 0.15) is 22.3 Å². The molecular formula is C23H24FN3O3S. The number of halogens is 1. The number of anilines is 2. The lowest BCUT2D eigenvalue weighted by Gasteiger charge is -2.11. The monoisotopic (exact) mass is 441 g/mol. The van der Waals surface area contributed by atoms with Crippen molar-refractivity contribution in [2.45, 2.75) is 18.2 Å². The summed E-state index contributed by atoms with van der Waals surface area (Å²) < 4.78 is 41.2. The summed E-state index contributed by atoms with van der Waals surface area (Å²) in [5.74, 6) is -0.903. The molecule has 0 saturated heterocycles. The third kappa shape index (κ3) is 6.29. The Morgan fingerprint density at radius 2 is 1.65 bits per heavy atom. The van der Waals surface area contributed by atoms with Crippen LogP contribution in [0.2, 0.25) is 0 Å². The Morgan fingerprint density at radius 1 is 0.903 bits per heavy atom. The molecule has 3 N–H and O–H groups in total. The van der Waals surface area contributed by atoms with E-state index in [0.29, 0.717) is 24.2 Å². The van der Waals surface area contributed by atoms with E-state index in [0.717, 1.165) is 18.2 Å². The van der Waals surface area contributed by atoms with Crippen molar-refractivity contribution in [1.29, 1.82) is 0 Å². The van der Waals surface area contributed by atoms with Crippen LogP contribution in [0.25, 0.3) is 0 Å². The summed E-state index contributed by atoms with van der Waals surface area (Å²) in [6.07, 6.45) is 0.728. The average Bonchev–Trinajstić information content (AvgIpc) is 2.76. The lowest BCUT2D eigenvalue weighted by atomic mass is 10.2. The van der Waals surface area contributed by atoms with E-state index in [-0.39, 0.29) is 16.5 Å². The van der Waals surface area contributed by atoms with Crippen molar-refractivity contribution in [3.8, 4) is 0 Å². The maximum absolute atomic E-state index is 13.7. The Kier molecular flexibility index (Phi) is 7.25. The number of aryl methyl sites for hydroxylation is 1. The van der Waals surface area contributed by atoms with E-state index >= 15 is 0 Å². The van der Waals surface area contributed by atoms with Crippen LogP contribution >= 0.6 is 0 Å². The van der Waals surface area contributed by atoms with Gasteiger partial charge in [0.05, 0.1) is 4.90 Å². The molecule has 0 spiro atoms. The molecule has 8 heteroatoms. The largest absolute Gasteiger partial charge is 0.385 e. The van der Waals surface area contributed by atoms with Gasteiger partial charge in [-0.3, -0.25) is 9.52 Å². The highest BCUT2D eigenvalue weighted by Gasteiger charge is 2.16. The fourth-order valence-electron chi connectivity index (χ4n) is 2.86. The highest BCUT2D eigenvalue weighted by atomic mass is 32.2. The van der Waals surface area contributed by atoms with E-state index in [1.54, 1.807) is 19.1 Å². The summed E-state index contributed by atoms with van der Waals surface area (Å²) in [5.41, 5.74) is 1.92. The number of carbonyl (C=O) groups is 1. The van der Waals surface area contributed by atoms with Gasteiger partial charge in [0.15, 0.2) is 0 Å². The second-order valence-corrected chi connectivity index (χ2v) is 8.68. The van der Waals surface area contributed by atoms with Crippen molar-refractivity contribution in [3.63, 3.8) is 0 Å². The summed E-state index contributed by atoms with van der Waals surface area (Å²) >= 11 is 0. The molecule has 6 nitrogen and oxygen atoms in total. The SMILES string of the molecule is Cc1ccc(S(=O)(=O)Nc2cccc(C(=O)NCCCNc3ccccc3)c2)cc1F. The van der Waals surface area contributed by atoms with Crippen LogP contribution in [0.15, 0.2) is 77.7 Å². The van der Waals surface area contributed by atoms with Crippen molar-refractivity contribution in [2.24, 2.45) is 0 Å². The minimum absolute atomic E-state index is 0.184. The van der Waals surface area contributed by atoms with Gasteiger partial charge in [-0.15, -0.1) is 0 Å². The van der Waals surface area contributed by atoms with E-state index in [1.165, 1.54) is 24.3 Å². The number of hydrogen-bond acceptors (Lipinski definition) is 4. The lowest BCUT2D eigenvalue weighted by molar-refractivity contribution is 0.0953. The van der Waals surface area contributed by atoms with Gasteiger partial charge in [0.2, 0.25) is 0 Å². The maximum Gasteiger partial charge on any atom is 0.261 e. The van der Waals surface area contributed by atoms with Crippen molar-refractivity contribution in [2.75, 3.05) is 23.1 Å². The maximum atomic E-state index is 13.7. The highest BCUT2D eigenvalue weighted by molar-refractivity contribution is 7.92. The quantitative estimate of drug-likeness (QED) is 0.435. The smallest absolute Gasteiger partial charge is 0.261 e. The van der Waals surface area contributed by atoms with Gasteiger partial charge in [0, 0.05) is 30.0 Å². The first-order valence-electron chi connectivity index (χ1n) is 9.81. The first-order valence-corrected chi connectivity index (χ1v) is 11.3. The number of benzene rings is 3. The predicted molar refractivity (Wildman–Crippen MR) is 120 cm³/mol. The molecule has 0 aliphatic heterocycles. The topological polar surface area (TPSA) is 87.3 Å². The number of hydrogen-bond donors (Lipinski definition) is 3. The Hall–Kier alpha value is -3.39. The first kappa shape index (κ1) is 22.3. The number of para-hydroxylation sites is 1. The van der Waals surface area contributed by atoms with Crippen LogP contribution in [0.4, 0.5) is 15.8 Å². The molecule has 0 atom stereocenters. The summed E-state index contributed by atoms with van der Waals surface area (Å²) in [6, 6.07) is 19.6. The zero-order chi connectivity index (χ0) is 22.3. The van der Waals surface area contributed by atoms with E-state index in [1.807, 2.05) is 30.3 Å². The Labute approximate surface area is 181 Å². The summed E-state index contributed by atoms with van der Waals surface area (Å²) in [4.78, 5) is 12.2. The van der Waals surface area contributed by atoms with E-state index in [4.69, 9.17) is 0 Å². The van der Waals surface area contributed by atoms with Crippen LogP contribution < -0.4 is 15.4 Å². The Balaban J connectivity index is 1.55. The molecule has 3 aromatic carbocycles. The zero-order valence-electron chi connectivity index (χ0n) is 17.1. The molecule has 0 radical (unpaired) electrons. The van der Waals surface area contributed by atoms with Gasteiger partial charge < -0.3 is 10.6 Å². The van der Waals surface area contributed by atoms with Gasteiger partial charge in [0.1, 0.15) is 5.82 Å². The van der Waals surface area contributed by atoms with Gasteiger partial charge >= 0.3 is 0 Å². The summed E-state index contributed by atoms with van der Waals surface area (Å²) in [6.45, 7) is 2.73. The predicted octanol–water partition coefficient (Wildman–Crippen LogP) is 4.17. The third-order valence-electron chi connectivity index (χ3n) is 4.57. The van der Waals surface area contributed by atoms with Crippen LogP contribution in [0, 0.1) is 12.7 Å². The molecule has 1 amide bonds. The van der Waals surface area contributed by atoms with Crippen LogP contribution in [0.5, 0.6) is 0 Å². The van der Waals surface area contributed by atoms with Crippen LogP contribution in [-0.2, 0) is 10.0 Å². The van der Waals surface area contributed by atoms with Gasteiger partial charge in [-0.2, -0.15) is 0 Å². The fourth-order valence-corrected chi connectivity index (χ4v) is 3.92. The lowest BCUT2D eigenvalue weighted by Crippen LogP contribution is -2.26. The van der Waals surface area contributed by atoms with Crippen LogP contribution in [0.3, 0.4) is 0 Å². The fraction of sp³-hybridized carbons (Fsp3) is 0.174. The molecule has 0 unspecified atom stereocenters.